The molecule has 2 N–H and O–H groups in total. The van der Waals surface area contributed by atoms with Crippen molar-refractivity contribution in [2.24, 2.45) is 23.2 Å². The van der Waals surface area contributed by atoms with Crippen molar-refractivity contribution in [3.63, 3.8) is 0 Å². The molecule has 0 spiro atoms. The Labute approximate surface area is 190 Å². The average molecular weight is 454 g/mol. The third-order valence-electron chi connectivity index (χ3n) is 8.39. The van der Waals surface area contributed by atoms with Crippen LogP contribution in [-0.2, 0) is 21.2 Å². The van der Waals surface area contributed by atoms with Crippen LogP contribution in [0.15, 0.2) is 47.4 Å². The number of phenols is 1. The normalized spacial score (nSPS) is 31.6. The van der Waals surface area contributed by atoms with Crippen molar-refractivity contribution in [1.82, 2.24) is 4.72 Å². The number of phenolic OH excluding ortho intramolecular Hbond substituents is 1. The molecule has 0 saturated heterocycles. The number of carbonyl (C=O) groups is 1. The number of nitrogens with one attached hydrogen (secondary N) is 1. The van der Waals surface area contributed by atoms with E-state index in [2.05, 4.69) is 17.7 Å². The number of sulfonamides is 1. The summed E-state index contributed by atoms with van der Waals surface area (Å²) in [5.41, 5.74) is 3.06. The first-order valence-electron chi connectivity index (χ1n) is 11.6. The van der Waals surface area contributed by atoms with Crippen LogP contribution < -0.4 is 4.72 Å². The second-order valence-corrected chi connectivity index (χ2v) is 12.0. The van der Waals surface area contributed by atoms with Crippen LogP contribution in [0.1, 0.15) is 55.2 Å². The van der Waals surface area contributed by atoms with Crippen LogP contribution in [0, 0.1) is 30.1 Å². The van der Waals surface area contributed by atoms with E-state index in [0.29, 0.717) is 30.6 Å². The van der Waals surface area contributed by atoms with Gasteiger partial charge in [-0.05, 0) is 97.2 Å². The van der Waals surface area contributed by atoms with Crippen LogP contribution in [0.3, 0.4) is 0 Å². The number of aromatic hydroxyl groups is 1. The molecule has 0 amide bonds. The fraction of sp³-hybridized carbons (Fsp3) is 0.500. The van der Waals surface area contributed by atoms with E-state index in [4.69, 9.17) is 0 Å². The van der Waals surface area contributed by atoms with Gasteiger partial charge in [0.25, 0.3) is 0 Å². The molecule has 0 unspecified atom stereocenters. The van der Waals surface area contributed by atoms with Gasteiger partial charge in [0, 0.05) is 18.4 Å². The molecule has 170 valence electrons. The number of fused-ring (bicyclic) bond motifs is 5. The fourth-order valence-corrected chi connectivity index (χ4v) is 8.09. The number of aryl methyl sites for hydroxylation is 2. The second kappa shape index (κ2) is 7.70. The maximum absolute atomic E-state index is 13.1. The molecular formula is C26H31NO4S. The zero-order valence-corrected chi connectivity index (χ0v) is 19.5. The van der Waals surface area contributed by atoms with E-state index in [-0.39, 0.29) is 27.9 Å². The Morgan fingerprint density at radius 1 is 1.16 bits per heavy atom. The summed E-state index contributed by atoms with van der Waals surface area (Å²) >= 11 is 0. The Kier molecular flexibility index (Phi) is 5.21. The Bertz CT molecular complexity index is 1170. The topological polar surface area (TPSA) is 83.5 Å². The van der Waals surface area contributed by atoms with Crippen molar-refractivity contribution in [2.75, 3.05) is 6.54 Å². The maximum Gasteiger partial charge on any atom is 0.240 e. The monoisotopic (exact) mass is 453 g/mol. The first-order chi connectivity index (χ1) is 15.2. The highest BCUT2D eigenvalue weighted by molar-refractivity contribution is 7.89. The average Bonchev–Trinajstić information content (AvgIpc) is 3.02. The lowest BCUT2D eigenvalue weighted by Gasteiger charge is -2.49. The zero-order chi connectivity index (χ0) is 22.7. The lowest BCUT2D eigenvalue weighted by atomic mass is 9.54. The maximum atomic E-state index is 13.1. The Morgan fingerprint density at radius 3 is 2.75 bits per heavy atom. The van der Waals surface area contributed by atoms with Gasteiger partial charge >= 0.3 is 0 Å². The number of carbonyl (C=O) groups excluding carboxylic acids is 1. The molecule has 2 aromatic carbocycles. The van der Waals surface area contributed by atoms with E-state index >= 15 is 0 Å². The summed E-state index contributed by atoms with van der Waals surface area (Å²) in [6, 6.07) is 12.6. The molecular weight excluding hydrogens is 422 g/mol. The highest BCUT2D eigenvalue weighted by atomic mass is 32.2. The van der Waals surface area contributed by atoms with Crippen LogP contribution in [0.5, 0.6) is 5.75 Å². The number of ketones is 1. The molecule has 0 aromatic heterocycles. The van der Waals surface area contributed by atoms with Gasteiger partial charge in [0.2, 0.25) is 10.0 Å². The molecule has 0 bridgehead atoms. The highest BCUT2D eigenvalue weighted by Crippen LogP contribution is 2.61. The van der Waals surface area contributed by atoms with Gasteiger partial charge in [-0.2, -0.15) is 0 Å². The van der Waals surface area contributed by atoms with Crippen LogP contribution >= 0.6 is 0 Å². The lowest BCUT2D eigenvalue weighted by molar-refractivity contribution is -0.129. The van der Waals surface area contributed by atoms with Crippen molar-refractivity contribution in [3.8, 4) is 5.75 Å². The number of rotatable bonds is 4. The molecule has 0 radical (unpaired) electrons. The van der Waals surface area contributed by atoms with Gasteiger partial charge in [0.15, 0.2) is 0 Å². The summed E-state index contributed by atoms with van der Waals surface area (Å²) < 4.78 is 28.7. The van der Waals surface area contributed by atoms with E-state index in [1.54, 1.807) is 24.3 Å². The molecule has 2 saturated carbocycles. The minimum absolute atomic E-state index is 0.0125. The van der Waals surface area contributed by atoms with Crippen molar-refractivity contribution < 1.29 is 18.3 Å². The molecule has 6 heteroatoms. The molecule has 5 rings (SSSR count). The van der Waals surface area contributed by atoms with E-state index in [9.17, 15) is 18.3 Å². The first-order valence-corrected chi connectivity index (χ1v) is 13.1. The number of Topliss-reactive ketones (excluding diaryl/α,β-unsaturated/α-hetero) is 1. The standard InChI is InChI=1S/C26H31NO4S/c1-16-4-3-5-20(12-16)32(30,31)27-15-18-14-24(29)26(2)11-10-22-21-9-7-19(28)13-17(21)6-8-23(22)25(18)26/h3-5,7,9,12-13,18,22-23,25,27-28H,6,8,10-11,14-15H2,1-2H3/t18-,22-,23-,25+,26-/m1/s1. The van der Waals surface area contributed by atoms with Gasteiger partial charge in [-0.3, -0.25) is 4.79 Å². The largest absolute Gasteiger partial charge is 0.508 e. The number of hydrogen-bond donors (Lipinski definition) is 2. The van der Waals surface area contributed by atoms with Crippen molar-refractivity contribution in [3.05, 3.63) is 59.2 Å². The Balaban J connectivity index is 1.41. The van der Waals surface area contributed by atoms with Crippen molar-refractivity contribution in [2.45, 2.75) is 56.8 Å². The molecule has 5 nitrogen and oxygen atoms in total. The van der Waals surface area contributed by atoms with Crippen molar-refractivity contribution >= 4 is 15.8 Å². The van der Waals surface area contributed by atoms with Crippen LogP contribution in [0.25, 0.3) is 0 Å². The summed E-state index contributed by atoms with van der Waals surface area (Å²) in [5, 5.41) is 9.90. The van der Waals surface area contributed by atoms with Crippen LogP contribution in [0.4, 0.5) is 0 Å². The first kappa shape index (κ1) is 21.7. The van der Waals surface area contributed by atoms with Gasteiger partial charge in [0.1, 0.15) is 11.5 Å². The zero-order valence-electron chi connectivity index (χ0n) is 18.7. The quantitative estimate of drug-likeness (QED) is 0.722. The van der Waals surface area contributed by atoms with Crippen molar-refractivity contribution in [1.29, 1.82) is 0 Å². The smallest absolute Gasteiger partial charge is 0.240 e. The third-order valence-corrected chi connectivity index (χ3v) is 9.81. The van der Waals surface area contributed by atoms with Crippen LogP contribution in [-0.4, -0.2) is 25.9 Å². The molecule has 0 heterocycles. The fourth-order valence-electron chi connectivity index (χ4n) is 6.89. The third kappa shape index (κ3) is 3.48. The van der Waals surface area contributed by atoms with E-state index in [1.165, 1.54) is 11.1 Å². The second-order valence-electron chi connectivity index (χ2n) is 10.2. The summed E-state index contributed by atoms with van der Waals surface area (Å²) in [6.07, 6.45) is 4.15. The molecule has 2 aromatic rings. The van der Waals surface area contributed by atoms with Gasteiger partial charge in [0.05, 0.1) is 4.90 Å². The molecule has 5 atom stereocenters. The highest BCUT2D eigenvalue weighted by Gasteiger charge is 2.58. The minimum atomic E-state index is -3.62. The summed E-state index contributed by atoms with van der Waals surface area (Å²) in [6.45, 7) is 4.29. The molecule has 32 heavy (non-hydrogen) atoms. The van der Waals surface area contributed by atoms with E-state index < -0.39 is 10.0 Å². The molecule has 3 aliphatic rings. The summed E-state index contributed by atoms with van der Waals surface area (Å²) in [7, 11) is -3.62. The van der Waals surface area contributed by atoms with Crippen LogP contribution in [0.2, 0.25) is 0 Å². The number of hydrogen-bond acceptors (Lipinski definition) is 4. The Hall–Kier alpha value is -2.18. The molecule has 2 fully saturated rings. The van der Waals surface area contributed by atoms with Gasteiger partial charge in [-0.15, -0.1) is 0 Å². The van der Waals surface area contributed by atoms with Gasteiger partial charge < -0.3 is 5.11 Å². The predicted octanol–water partition coefficient (Wildman–Crippen LogP) is 4.33. The van der Waals surface area contributed by atoms with Gasteiger partial charge in [-0.1, -0.05) is 25.1 Å². The summed E-state index contributed by atoms with van der Waals surface area (Å²) in [5.74, 6) is 1.53. The SMILES string of the molecule is Cc1cccc(S(=O)(=O)NC[C@H]2CC(=O)[C@@]3(C)CC[C@@H]4c5ccc(O)cc5CC[C@H]4[C@H]23)c1. The van der Waals surface area contributed by atoms with E-state index in [0.717, 1.165) is 31.2 Å². The predicted molar refractivity (Wildman–Crippen MR) is 123 cm³/mol. The minimum Gasteiger partial charge on any atom is -0.508 e. The van der Waals surface area contributed by atoms with E-state index in [1.807, 2.05) is 19.1 Å². The van der Waals surface area contributed by atoms with Gasteiger partial charge in [-0.25, -0.2) is 13.1 Å². The molecule has 0 aliphatic heterocycles. The Morgan fingerprint density at radius 2 is 1.97 bits per heavy atom. The number of benzene rings is 2. The lowest BCUT2D eigenvalue weighted by Crippen LogP contribution is -2.46. The summed E-state index contributed by atoms with van der Waals surface area (Å²) in [4.78, 5) is 13.4. The molecule has 3 aliphatic carbocycles.